The molecule has 2 rings (SSSR count). The van der Waals surface area contributed by atoms with Crippen LogP contribution in [-0.2, 0) is 0 Å². The van der Waals surface area contributed by atoms with Crippen LogP contribution in [0.5, 0.6) is 0 Å². The van der Waals surface area contributed by atoms with Crippen molar-refractivity contribution in [2.24, 2.45) is 0 Å². The van der Waals surface area contributed by atoms with Gasteiger partial charge < -0.3 is 5.32 Å². The van der Waals surface area contributed by atoms with E-state index in [-0.39, 0.29) is 0 Å². The summed E-state index contributed by atoms with van der Waals surface area (Å²) < 4.78 is 0. The zero-order valence-corrected chi connectivity index (χ0v) is 11.3. The number of nitrogens with one attached hydrogen (secondary N) is 3. The average Bonchev–Trinajstić information content (AvgIpc) is 2.42. The van der Waals surface area contributed by atoms with E-state index < -0.39 is 6.03 Å². The van der Waals surface area contributed by atoms with Crippen molar-refractivity contribution in [1.29, 1.82) is 0 Å². The van der Waals surface area contributed by atoms with E-state index in [1.165, 1.54) is 0 Å². The smallest absolute Gasteiger partial charge is 0.305 e. The lowest BCUT2D eigenvalue weighted by Crippen LogP contribution is -2.33. The Bertz CT molecular complexity index is 575. The number of carbonyl (C=O) groups excluding carboxylic acids is 1. The Morgan fingerprint density at radius 1 is 1.00 bits per heavy atom. The number of amides is 2. The fraction of sp³-hybridized carbons (Fsp3) is 0. The van der Waals surface area contributed by atoms with E-state index in [1.54, 1.807) is 18.2 Å². The molecule has 0 aliphatic heterocycles. The van der Waals surface area contributed by atoms with Crippen molar-refractivity contribution in [3.05, 3.63) is 58.6 Å². The number of hydrogen-bond donors (Lipinski definition) is 3. The van der Waals surface area contributed by atoms with Crippen molar-refractivity contribution in [3.63, 3.8) is 0 Å². The number of carbonyl (C=O) groups is 1. The minimum atomic E-state index is -0.437. The molecular formula is C13H11Cl2N3O. The predicted molar refractivity (Wildman–Crippen MR) is 78.7 cm³/mol. The molecule has 0 bridgehead atoms. The summed E-state index contributed by atoms with van der Waals surface area (Å²) in [5.41, 5.74) is 6.47. The maximum absolute atomic E-state index is 11.7. The number of para-hydroxylation sites is 1. The molecule has 0 aliphatic carbocycles. The standard InChI is InChI=1S/C13H11Cl2N3O/c14-9-6-7-11(15)12(8-9)16-13(19)18-17-10-4-2-1-3-5-10/h1-8,17H,(H2,16,18,19). The molecule has 4 nitrogen and oxygen atoms in total. The lowest BCUT2D eigenvalue weighted by molar-refractivity contribution is 0.254. The Morgan fingerprint density at radius 2 is 1.74 bits per heavy atom. The fourth-order valence-electron chi connectivity index (χ4n) is 1.40. The third kappa shape index (κ3) is 4.05. The highest BCUT2D eigenvalue weighted by atomic mass is 35.5. The summed E-state index contributed by atoms with van der Waals surface area (Å²) in [7, 11) is 0. The van der Waals surface area contributed by atoms with E-state index in [4.69, 9.17) is 23.2 Å². The maximum atomic E-state index is 11.7. The molecule has 0 atom stereocenters. The van der Waals surface area contributed by atoms with Gasteiger partial charge in [-0.3, -0.25) is 10.9 Å². The van der Waals surface area contributed by atoms with E-state index in [2.05, 4.69) is 16.2 Å². The van der Waals surface area contributed by atoms with Crippen LogP contribution in [0.4, 0.5) is 16.2 Å². The summed E-state index contributed by atoms with van der Waals surface area (Å²) in [6.45, 7) is 0. The lowest BCUT2D eigenvalue weighted by Gasteiger charge is -2.11. The molecule has 0 radical (unpaired) electrons. The summed E-state index contributed by atoms with van der Waals surface area (Å²) in [4.78, 5) is 11.7. The van der Waals surface area contributed by atoms with Crippen molar-refractivity contribution in [3.8, 4) is 0 Å². The molecule has 0 unspecified atom stereocenters. The molecule has 0 saturated carbocycles. The molecule has 2 aromatic rings. The summed E-state index contributed by atoms with van der Waals surface area (Å²) in [6, 6.07) is 13.7. The maximum Gasteiger partial charge on any atom is 0.337 e. The summed E-state index contributed by atoms with van der Waals surface area (Å²) >= 11 is 11.8. The number of benzene rings is 2. The Morgan fingerprint density at radius 3 is 2.47 bits per heavy atom. The Labute approximate surface area is 120 Å². The van der Waals surface area contributed by atoms with E-state index in [0.29, 0.717) is 15.7 Å². The van der Waals surface area contributed by atoms with Gasteiger partial charge in [0.05, 0.1) is 16.4 Å². The van der Waals surface area contributed by atoms with E-state index in [1.807, 2.05) is 30.3 Å². The molecule has 2 aromatic carbocycles. The molecular weight excluding hydrogens is 285 g/mol. The Balaban J connectivity index is 1.93. The van der Waals surface area contributed by atoms with Crippen molar-refractivity contribution in [2.75, 3.05) is 10.7 Å². The molecule has 98 valence electrons. The average molecular weight is 296 g/mol. The molecule has 2 amide bonds. The number of hydrogen-bond acceptors (Lipinski definition) is 2. The van der Waals surface area contributed by atoms with Crippen LogP contribution in [-0.4, -0.2) is 6.03 Å². The van der Waals surface area contributed by atoms with Crippen molar-refractivity contribution in [1.82, 2.24) is 5.43 Å². The Kier molecular flexibility index (Phi) is 4.49. The van der Waals surface area contributed by atoms with Gasteiger partial charge >= 0.3 is 6.03 Å². The van der Waals surface area contributed by atoms with Crippen LogP contribution in [0.25, 0.3) is 0 Å². The number of hydrazine groups is 1. The first kappa shape index (κ1) is 13.5. The molecule has 6 heteroatoms. The second-order valence-corrected chi connectivity index (χ2v) is 4.54. The minimum Gasteiger partial charge on any atom is -0.305 e. The van der Waals surface area contributed by atoms with Gasteiger partial charge in [0.15, 0.2) is 0 Å². The van der Waals surface area contributed by atoms with Crippen LogP contribution in [0, 0.1) is 0 Å². The van der Waals surface area contributed by atoms with Crippen molar-refractivity contribution < 1.29 is 4.79 Å². The van der Waals surface area contributed by atoms with Gasteiger partial charge in [-0.1, -0.05) is 41.4 Å². The van der Waals surface area contributed by atoms with Gasteiger partial charge in [-0.15, -0.1) is 0 Å². The summed E-state index contributed by atoms with van der Waals surface area (Å²) in [5, 5.41) is 3.50. The van der Waals surface area contributed by atoms with Crippen molar-refractivity contribution in [2.45, 2.75) is 0 Å². The van der Waals surface area contributed by atoms with Gasteiger partial charge in [-0.05, 0) is 30.3 Å². The molecule has 0 spiro atoms. The van der Waals surface area contributed by atoms with Gasteiger partial charge in [0.25, 0.3) is 0 Å². The third-order valence-electron chi connectivity index (χ3n) is 2.27. The second kappa shape index (κ2) is 6.31. The van der Waals surface area contributed by atoms with Crippen LogP contribution in [0.3, 0.4) is 0 Å². The van der Waals surface area contributed by atoms with Crippen LogP contribution < -0.4 is 16.2 Å². The SMILES string of the molecule is O=C(NNc1ccccc1)Nc1cc(Cl)ccc1Cl. The van der Waals surface area contributed by atoms with E-state index >= 15 is 0 Å². The molecule has 3 N–H and O–H groups in total. The van der Waals surface area contributed by atoms with Crippen molar-refractivity contribution >= 4 is 40.6 Å². The van der Waals surface area contributed by atoms with Crippen LogP contribution in [0.1, 0.15) is 0 Å². The number of urea groups is 1. The highest BCUT2D eigenvalue weighted by Crippen LogP contribution is 2.25. The van der Waals surface area contributed by atoms with Gasteiger partial charge in [-0.2, -0.15) is 0 Å². The fourth-order valence-corrected chi connectivity index (χ4v) is 1.73. The summed E-state index contributed by atoms with van der Waals surface area (Å²) in [6.07, 6.45) is 0. The zero-order valence-electron chi connectivity index (χ0n) is 9.78. The molecule has 0 fully saturated rings. The lowest BCUT2D eigenvalue weighted by atomic mass is 10.3. The van der Waals surface area contributed by atoms with Gasteiger partial charge in [0, 0.05) is 5.02 Å². The first-order chi connectivity index (χ1) is 9.15. The molecule has 0 aliphatic rings. The monoisotopic (exact) mass is 295 g/mol. The van der Waals surface area contributed by atoms with E-state index in [9.17, 15) is 4.79 Å². The first-order valence-electron chi connectivity index (χ1n) is 5.48. The van der Waals surface area contributed by atoms with Crippen LogP contribution in [0.15, 0.2) is 48.5 Å². The number of rotatable bonds is 3. The highest BCUT2D eigenvalue weighted by Gasteiger charge is 2.05. The zero-order chi connectivity index (χ0) is 13.7. The quantitative estimate of drug-likeness (QED) is 0.745. The van der Waals surface area contributed by atoms with Gasteiger partial charge in [0.2, 0.25) is 0 Å². The van der Waals surface area contributed by atoms with Gasteiger partial charge in [-0.25, -0.2) is 4.79 Å². The normalized spacial score (nSPS) is 9.79. The summed E-state index contributed by atoms with van der Waals surface area (Å²) in [5.74, 6) is 0. The molecule has 19 heavy (non-hydrogen) atoms. The van der Waals surface area contributed by atoms with Crippen LogP contribution in [0.2, 0.25) is 10.0 Å². The van der Waals surface area contributed by atoms with Crippen LogP contribution >= 0.6 is 23.2 Å². The molecule has 0 aromatic heterocycles. The second-order valence-electron chi connectivity index (χ2n) is 3.69. The predicted octanol–water partition coefficient (Wildman–Crippen LogP) is 4.14. The Hall–Kier alpha value is -1.91. The minimum absolute atomic E-state index is 0.416. The van der Waals surface area contributed by atoms with Gasteiger partial charge in [0.1, 0.15) is 0 Å². The highest BCUT2D eigenvalue weighted by molar-refractivity contribution is 6.35. The topological polar surface area (TPSA) is 53.2 Å². The molecule has 0 saturated heterocycles. The largest absolute Gasteiger partial charge is 0.337 e. The third-order valence-corrected chi connectivity index (χ3v) is 2.84. The molecule has 0 heterocycles. The number of halogens is 2. The number of anilines is 2. The van der Waals surface area contributed by atoms with E-state index in [0.717, 1.165) is 5.69 Å². The first-order valence-corrected chi connectivity index (χ1v) is 6.24.